The van der Waals surface area contributed by atoms with Crippen molar-refractivity contribution in [3.8, 4) is 5.75 Å². The molecule has 0 bridgehead atoms. The number of phenols is 1. The van der Waals surface area contributed by atoms with Gasteiger partial charge in [-0.3, -0.25) is 9.59 Å². The van der Waals surface area contributed by atoms with Crippen LogP contribution < -0.4 is 10.6 Å². The van der Waals surface area contributed by atoms with E-state index in [-0.39, 0.29) is 17.9 Å². The molecule has 6 nitrogen and oxygen atoms in total. The van der Waals surface area contributed by atoms with Gasteiger partial charge in [0, 0.05) is 5.02 Å². The molecule has 0 saturated carbocycles. The quantitative estimate of drug-likeness (QED) is 0.418. The highest BCUT2D eigenvalue weighted by atomic mass is 35.5. The van der Waals surface area contributed by atoms with E-state index >= 15 is 0 Å². The predicted molar refractivity (Wildman–Crippen MR) is 97.0 cm³/mol. The minimum absolute atomic E-state index is 0.123. The van der Waals surface area contributed by atoms with Crippen LogP contribution in [-0.2, 0) is 9.59 Å². The minimum atomic E-state index is -1.08. The molecule has 0 spiro atoms. The fourth-order valence-corrected chi connectivity index (χ4v) is 2.95. The Bertz CT molecular complexity index is 660. The van der Waals surface area contributed by atoms with Gasteiger partial charge in [-0.1, -0.05) is 23.3 Å². The van der Waals surface area contributed by atoms with Crippen LogP contribution in [0.4, 0.5) is 5.69 Å². The van der Waals surface area contributed by atoms with E-state index in [1.807, 2.05) is 0 Å². The number of amides is 1. The molecule has 2 rings (SSSR count). The average Bonchev–Trinajstić information content (AvgIpc) is 2.58. The number of allylic oxidation sites excluding steroid dienone is 1. The molecule has 0 fully saturated rings. The van der Waals surface area contributed by atoms with Crippen molar-refractivity contribution in [1.29, 1.82) is 0 Å². The number of carboxylic acids is 1. The van der Waals surface area contributed by atoms with Crippen LogP contribution in [-0.4, -0.2) is 34.7 Å². The van der Waals surface area contributed by atoms with Crippen LogP contribution in [0.1, 0.15) is 38.5 Å². The summed E-state index contributed by atoms with van der Waals surface area (Å²) in [6.45, 7) is 0.512. The van der Waals surface area contributed by atoms with Gasteiger partial charge in [-0.2, -0.15) is 0 Å². The number of nitrogens with one attached hydrogen (secondary N) is 2. The van der Waals surface area contributed by atoms with Gasteiger partial charge in [0.25, 0.3) is 0 Å². The summed E-state index contributed by atoms with van der Waals surface area (Å²) in [4.78, 5) is 23.4. The molecule has 1 atom stereocenters. The van der Waals surface area contributed by atoms with Gasteiger partial charge in [0.2, 0.25) is 5.91 Å². The Hall–Kier alpha value is -2.05. The van der Waals surface area contributed by atoms with Gasteiger partial charge in [0.1, 0.15) is 11.8 Å². The number of hydrogen-bond donors (Lipinski definition) is 4. The molecule has 0 saturated heterocycles. The Morgan fingerprint density at radius 3 is 2.76 bits per heavy atom. The number of rotatable bonds is 8. The highest BCUT2D eigenvalue weighted by molar-refractivity contribution is 6.31. The molecular weight excluding hydrogens is 344 g/mol. The summed E-state index contributed by atoms with van der Waals surface area (Å²) in [7, 11) is 0. The average molecular weight is 367 g/mol. The van der Waals surface area contributed by atoms with Gasteiger partial charge < -0.3 is 20.8 Å². The van der Waals surface area contributed by atoms with Crippen LogP contribution in [0, 0.1) is 0 Å². The second-order valence-corrected chi connectivity index (χ2v) is 6.55. The van der Waals surface area contributed by atoms with Crippen molar-refractivity contribution in [1.82, 2.24) is 5.32 Å². The molecule has 1 amide bonds. The van der Waals surface area contributed by atoms with Crippen molar-refractivity contribution >= 4 is 29.2 Å². The fraction of sp³-hybridized carbons (Fsp3) is 0.444. The first-order valence-corrected chi connectivity index (χ1v) is 8.76. The van der Waals surface area contributed by atoms with Crippen LogP contribution in [0.3, 0.4) is 0 Å². The maximum Gasteiger partial charge on any atom is 0.321 e. The smallest absolute Gasteiger partial charge is 0.321 e. The zero-order valence-corrected chi connectivity index (χ0v) is 14.7. The molecule has 1 aromatic rings. The molecule has 25 heavy (non-hydrogen) atoms. The van der Waals surface area contributed by atoms with Gasteiger partial charge in [-0.05, 0) is 56.8 Å². The van der Waals surface area contributed by atoms with E-state index in [0.717, 1.165) is 19.3 Å². The zero-order chi connectivity index (χ0) is 18.2. The molecule has 1 aliphatic carbocycles. The van der Waals surface area contributed by atoms with Crippen molar-refractivity contribution < 1.29 is 19.8 Å². The van der Waals surface area contributed by atoms with E-state index in [2.05, 4.69) is 16.7 Å². The summed E-state index contributed by atoms with van der Waals surface area (Å²) in [5.74, 6) is -1.71. The zero-order valence-electron chi connectivity index (χ0n) is 13.9. The minimum Gasteiger partial charge on any atom is -0.506 e. The highest BCUT2D eigenvalue weighted by Crippen LogP contribution is 2.26. The van der Waals surface area contributed by atoms with Crippen molar-refractivity contribution in [3.63, 3.8) is 0 Å². The van der Waals surface area contributed by atoms with Crippen LogP contribution in [0.15, 0.2) is 29.8 Å². The van der Waals surface area contributed by atoms with E-state index in [1.165, 1.54) is 36.6 Å². The lowest BCUT2D eigenvalue weighted by Gasteiger charge is -2.17. The molecule has 0 unspecified atom stereocenters. The van der Waals surface area contributed by atoms with Gasteiger partial charge >= 0.3 is 5.97 Å². The lowest BCUT2D eigenvalue weighted by atomic mass is 9.97. The van der Waals surface area contributed by atoms with E-state index in [1.54, 1.807) is 0 Å². The fourth-order valence-electron chi connectivity index (χ4n) is 2.78. The summed E-state index contributed by atoms with van der Waals surface area (Å²) in [5.41, 5.74) is 1.50. The first kappa shape index (κ1) is 19.3. The topological polar surface area (TPSA) is 98.7 Å². The number of halogens is 1. The maximum absolute atomic E-state index is 12.1. The monoisotopic (exact) mass is 366 g/mol. The third-order valence-electron chi connectivity index (χ3n) is 4.14. The molecule has 7 heteroatoms. The Kier molecular flexibility index (Phi) is 7.28. The molecule has 0 radical (unpaired) electrons. The van der Waals surface area contributed by atoms with Gasteiger partial charge in [-0.25, -0.2) is 0 Å². The number of carboxylic acid groups (broad SMARTS) is 1. The van der Waals surface area contributed by atoms with Crippen molar-refractivity contribution in [2.75, 3.05) is 11.9 Å². The molecular formula is C18H23ClN2O4. The molecule has 1 aromatic carbocycles. The Morgan fingerprint density at radius 1 is 1.28 bits per heavy atom. The van der Waals surface area contributed by atoms with Crippen LogP contribution in [0.25, 0.3) is 0 Å². The Balaban J connectivity index is 1.85. The highest BCUT2D eigenvalue weighted by Gasteiger charge is 2.21. The summed E-state index contributed by atoms with van der Waals surface area (Å²) in [6.07, 6.45) is 7.32. The number of anilines is 1. The largest absolute Gasteiger partial charge is 0.506 e. The van der Waals surface area contributed by atoms with Gasteiger partial charge in [-0.15, -0.1) is 0 Å². The van der Waals surface area contributed by atoms with Crippen molar-refractivity contribution in [2.24, 2.45) is 0 Å². The number of hydrogen-bond acceptors (Lipinski definition) is 4. The number of carbonyl (C=O) groups excluding carboxylic acids is 1. The number of benzene rings is 1. The van der Waals surface area contributed by atoms with E-state index in [0.29, 0.717) is 11.6 Å². The molecule has 0 aliphatic heterocycles. The third-order valence-corrected chi connectivity index (χ3v) is 4.38. The number of aromatic hydroxyl groups is 1. The summed E-state index contributed by atoms with van der Waals surface area (Å²) < 4.78 is 0. The van der Waals surface area contributed by atoms with Gasteiger partial charge in [0.15, 0.2) is 0 Å². The first-order chi connectivity index (χ1) is 12.0. The van der Waals surface area contributed by atoms with E-state index < -0.39 is 17.9 Å². The SMILES string of the molecule is O=C(C[C@@H](NCCC1=CCCCC1)C(=O)O)Nc1cc(Cl)ccc1O. The Labute approximate surface area is 151 Å². The normalized spacial score (nSPS) is 15.3. The second-order valence-electron chi connectivity index (χ2n) is 6.12. The third kappa shape index (κ3) is 6.40. The summed E-state index contributed by atoms with van der Waals surface area (Å²) in [5, 5.41) is 24.8. The van der Waals surface area contributed by atoms with Crippen LogP contribution >= 0.6 is 11.6 Å². The molecule has 0 heterocycles. The van der Waals surface area contributed by atoms with Crippen molar-refractivity contribution in [2.45, 2.75) is 44.6 Å². The van der Waals surface area contributed by atoms with Gasteiger partial charge in [0.05, 0.1) is 12.1 Å². The standard InChI is InChI=1S/C18H23ClN2O4/c19-13-6-7-16(22)14(10-13)21-17(23)11-15(18(24)25)20-9-8-12-4-2-1-3-5-12/h4,6-7,10,15,20,22H,1-3,5,8-9,11H2,(H,21,23)(H,24,25)/t15-/m1/s1. The first-order valence-electron chi connectivity index (χ1n) is 8.38. The summed E-state index contributed by atoms with van der Waals surface area (Å²) in [6, 6.07) is 3.29. The lowest BCUT2D eigenvalue weighted by molar-refractivity contribution is -0.141. The molecule has 1 aliphatic rings. The molecule has 0 aromatic heterocycles. The van der Waals surface area contributed by atoms with Crippen LogP contribution in [0.2, 0.25) is 5.02 Å². The van der Waals surface area contributed by atoms with E-state index in [9.17, 15) is 19.8 Å². The van der Waals surface area contributed by atoms with Crippen molar-refractivity contribution in [3.05, 3.63) is 34.9 Å². The Morgan fingerprint density at radius 2 is 2.08 bits per heavy atom. The molecule has 4 N–H and O–H groups in total. The second kappa shape index (κ2) is 9.44. The predicted octanol–water partition coefficient (Wildman–Crippen LogP) is 3.31. The van der Waals surface area contributed by atoms with Crippen LogP contribution in [0.5, 0.6) is 5.75 Å². The number of phenolic OH excluding ortho intramolecular Hbond substituents is 1. The van der Waals surface area contributed by atoms with E-state index in [4.69, 9.17) is 11.6 Å². The maximum atomic E-state index is 12.1. The lowest BCUT2D eigenvalue weighted by Crippen LogP contribution is -2.40. The number of carbonyl (C=O) groups is 2. The summed E-state index contributed by atoms with van der Waals surface area (Å²) >= 11 is 5.82. The number of aliphatic carboxylic acids is 1. The molecule has 136 valence electrons.